The maximum atomic E-state index is 9.00. The first-order chi connectivity index (χ1) is 9.68. The maximum Gasteiger partial charge on any atom is 0.300 e. The summed E-state index contributed by atoms with van der Waals surface area (Å²) in [5.74, 6) is -0.833. The van der Waals surface area contributed by atoms with Gasteiger partial charge in [0.15, 0.2) is 0 Å². The molecule has 3 nitrogen and oxygen atoms in total. The van der Waals surface area contributed by atoms with E-state index in [1.165, 1.54) is 16.7 Å². The number of rotatable bonds is 1. The molecule has 0 radical (unpaired) electrons. The van der Waals surface area contributed by atoms with Crippen LogP contribution in [0.5, 0.6) is 0 Å². The molecular formula is C17H19NO2. The van der Waals surface area contributed by atoms with Crippen LogP contribution in [0.4, 0.5) is 0 Å². The zero-order valence-corrected chi connectivity index (χ0v) is 11.5. The summed E-state index contributed by atoms with van der Waals surface area (Å²) in [6.45, 7) is 2.15. The molecule has 0 saturated heterocycles. The Labute approximate surface area is 119 Å². The van der Waals surface area contributed by atoms with Crippen molar-refractivity contribution in [3.8, 4) is 0 Å². The molecule has 0 aromatic heterocycles. The first kappa shape index (κ1) is 14.3. The zero-order chi connectivity index (χ0) is 14.4. The van der Waals surface area contributed by atoms with E-state index in [1.807, 2.05) is 0 Å². The number of nitrogens with one attached hydrogen (secondary N) is 1. The molecule has 1 atom stereocenters. The maximum absolute atomic E-state index is 9.00. The molecule has 0 amide bonds. The fraction of sp³-hybridized carbons (Fsp3) is 0.235. The third kappa shape index (κ3) is 3.68. The Hall–Kier alpha value is -2.13. The average molecular weight is 269 g/mol. The molecule has 1 aliphatic heterocycles. The van der Waals surface area contributed by atoms with Crippen molar-refractivity contribution >= 4 is 5.97 Å². The summed E-state index contributed by atoms with van der Waals surface area (Å²) >= 11 is 0. The Balaban J connectivity index is 0.000000328. The average Bonchev–Trinajstić information content (AvgIpc) is 2.47. The van der Waals surface area contributed by atoms with Crippen LogP contribution in [0.3, 0.4) is 0 Å². The van der Waals surface area contributed by atoms with Gasteiger partial charge in [-0.1, -0.05) is 54.6 Å². The molecule has 0 aliphatic carbocycles. The lowest BCUT2D eigenvalue weighted by Gasteiger charge is -2.27. The number of hydrogen-bond donors (Lipinski definition) is 2. The molecule has 0 spiro atoms. The minimum atomic E-state index is -0.833. The summed E-state index contributed by atoms with van der Waals surface area (Å²) in [5, 5.41) is 11.0. The highest BCUT2D eigenvalue weighted by atomic mass is 16.4. The molecule has 2 aromatic rings. The van der Waals surface area contributed by atoms with Gasteiger partial charge in [-0.25, -0.2) is 0 Å². The van der Waals surface area contributed by atoms with Gasteiger partial charge in [-0.15, -0.1) is 0 Å². The van der Waals surface area contributed by atoms with Gasteiger partial charge in [-0.05, 0) is 23.1 Å². The van der Waals surface area contributed by atoms with Crippen LogP contribution < -0.4 is 5.32 Å². The first-order valence-electron chi connectivity index (χ1n) is 6.74. The number of fused-ring (bicyclic) bond motifs is 1. The summed E-state index contributed by atoms with van der Waals surface area (Å²) in [6.07, 6.45) is 1.14. The molecular weight excluding hydrogens is 250 g/mol. The highest BCUT2D eigenvalue weighted by molar-refractivity contribution is 5.62. The molecule has 2 N–H and O–H groups in total. The Kier molecular flexibility index (Phi) is 4.91. The molecule has 0 saturated carbocycles. The van der Waals surface area contributed by atoms with Gasteiger partial charge < -0.3 is 10.4 Å². The third-order valence-electron chi connectivity index (χ3n) is 3.24. The van der Waals surface area contributed by atoms with Crippen LogP contribution >= 0.6 is 0 Å². The highest BCUT2D eigenvalue weighted by Gasteiger charge is 2.19. The topological polar surface area (TPSA) is 49.3 Å². The molecule has 0 fully saturated rings. The van der Waals surface area contributed by atoms with Crippen LogP contribution in [0.25, 0.3) is 0 Å². The first-order valence-corrected chi connectivity index (χ1v) is 6.74. The van der Waals surface area contributed by atoms with Crippen LogP contribution in [0.1, 0.15) is 29.7 Å². The van der Waals surface area contributed by atoms with Gasteiger partial charge >= 0.3 is 0 Å². The van der Waals surface area contributed by atoms with Crippen molar-refractivity contribution in [1.82, 2.24) is 5.32 Å². The Morgan fingerprint density at radius 3 is 2.40 bits per heavy atom. The van der Waals surface area contributed by atoms with Crippen LogP contribution in [0.15, 0.2) is 54.6 Å². The summed E-state index contributed by atoms with van der Waals surface area (Å²) in [6, 6.07) is 19.8. The second-order valence-electron chi connectivity index (χ2n) is 4.77. The molecule has 2 aromatic carbocycles. The fourth-order valence-electron chi connectivity index (χ4n) is 2.45. The predicted octanol–water partition coefficient (Wildman–Crippen LogP) is 3.01. The van der Waals surface area contributed by atoms with E-state index in [4.69, 9.17) is 9.90 Å². The molecule has 20 heavy (non-hydrogen) atoms. The summed E-state index contributed by atoms with van der Waals surface area (Å²) in [5.41, 5.74) is 4.27. The van der Waals surface area contributed by atoms with Gasteiger partial charge in [0, 0.05) is 13.5 Å². The van der Waals surface area contributed by atoms with Crippen LogP contribution in [0, 0.1) is 0 Å². The third-order valence-corrected chi connectivity index (χ3v) is 3.24. The van der Waals surface area contributed by atoms with E-state index in [9.17, 15) is 0 Å². The van der Waals surface area contributed by atoms with Crippen molar-refractivity contribution < 1.29 is 9.90 Å². The van der Waals surface area contributed by atoms with E-state index in [0.717, 1.165) is 19.9 Å². The Morgan fingerprint density at radius 2 is 1.70 bits per heavy atom. The lowest BCUT2D eigenvalue weighted by atomic mass is 9.90. The number of carboxylic acid groups (broad SMARTS) is 1. The van der Waals surface area contributed by atoms with Gasteiger partial charge in [0.1, 0.15) is 0 Å². The van der Waals surface area contributed by atoms with Crippen molar-refractivity contribution in [2.75, 3.05) is 6.54 Å². The smallest absolute Gasteiger partial charge is 0.300 e. The van der Waals surface area contributed by atoms with Gasteiger partial charge in [-0.3, -0.25) is 4.79 Å². The van der Waals surface area contributed by atoms with Gasteiger partial charge in [0.05, 0.1) is 6.04 Å². The quantitative estimate of drug-likeness (QED) is 0.836. The lowest BCUT2D eigenvalue weighted by Crippen LogP contribution is -2.30. The van der Waals surface area contributed by atoms with E-state index < -0.39 is 5.97 Å². The van der Waals surface area contributed by atoms with E-state index in [2.05, 4.69) is 59.9 Å². The van der Waals surface area contributed by atoms with Crippen LogP contribution in [0.2, 0.25) is 0 Å². The highest BCUT2D eigenvalue weighted by Crippen LogP contribution is 2.27. The van der Waals surface area contributed by atoms with E-state index in [0.29, 0.717) is 6.04 Å². The monoisotopic (exact) mass is 269 g/mol. The number of benzene rings is 2. The second-order valence-corrected chi connectivity index (χ2v) is 4.77. The molecule has 1 heterocycles. The zero-order valence-electron chi connectivity index (χ0n) is 11.5. The van der Waals surface area contributed by atoms with Crippen molar-refractivity contribution in [2.24, 2.45) is 0 Å². The number of aliphatic carboxylic acids is 1. The predicted molar refractivity (Wildman–Crippen MR) is 79.7 cm³/mol. The molecule has 3 heteroatoms. The van der Waals surface area contributed by atoms with Crippen LogP contribution in [-0.4, -0.2) is 17.6 Å². The molecule has 0 bridgehead atoms. The second kappa shape index (κ2) is 6.87. The van der Waals surface area contributed by atoms with Gasteiger partial charge in [0.2, 0.25) is 0 Å². The summed E-state index contributed by atoms with van der Waals surface area (Å²) < 4.78 is 0. The van der Waals surface area contributed by atoms with E-state index >= 15 is 0 Å². The summed E-state index contributed by atoms with van der Waals surface area (Å²) in [4.78, 5) is 9.00. The lowest BCUT2D eigenvalue weighted by molar-refractivity contribution is -0.134. The normalized spacial score (nSPS) is 16.6. The standard InChI is InChI=1S/C15H15N.C2H4O2/c1-2-7-13(8-3-1)15-14-9-5-4-6-12(14)10-11-16-15;1-2(3)4/h1-9,15-16H,10-11H2;1H3,(H,3,4)/t15-;/m0./s1. The van der Waals surface area contributed by atoms with Crippen LogP contribution in [-0.2, 0) is 11.2 Å². The van der Waals surface area contributed by atoms with Gasteiger partial charge in [0.25, 0.3) is 5.97 Å². The fourth-order valence-corrected chi connectivity index (χ4v) is 2.45. The van der Waals surface area contributed by atoms with Crippen molar-refractivity contribution in [2.45, 2.75) is 19.4 Å². The molecule has 0 unspecified atom stereocenters. The van der Waals surface area contributed by atoms with Crippen molar-refractivity contribution in [1.29, 1.82) is 0 Å². The Bertz CT molecular complexity index is 562. The Morgan fingerprint density at radius 1 is 1.10 bits per heavy atom. The van der Waals surface area contributed by atoms with E-state index in [-0.39, 0.29) is 0 Å². The summed E-state index contributed by atoms with van der Waals surface area (Å²) in [7, 11) is 0. The number of carboxylic acids is 1. The minimum Gasteiger partial charge on any atom is -0.481 e. The number of carbonyl (C=O) groups is 1. The minimum absolute atomic E-state index is 0.367. The molecule has 104 valence electrons. The van der Waals surface area contributed by atoms with Crippen molar-refractivity contribution in [3.63, 3.8) is 0 Å². The van der Waals surface area contributed by atoms with E-state index in [1.54, 1.807) is 0 Å². The SMILES string of the molecule is CC(=O)O.c1ccc([C@@H]2NCCc3ccccc32)cc1. The van der Waals surface area contributed by atoms with Gasteiger partial charge in [-0.2, -0.15) is 0 Å². The largest absolute Gasteiger partial charge is 0.481 e. The number of hydrogen-bond acceptors (Lipinski definition) is 2. The van der Waals surface area contributed by atoms with Crippen molar-refractivity contribution in [3.05, 3.63) is 71.3 Å². The molecule has 3 rings (SSSR count). The molecule has 1 aliphatic rings.